The standard InChI is InChI=1S/C25H29N7O2S/c1-15-16(11-23(33)28-15)9-17-13-27-32-22(29-19-5-6-19)12-20(30-24(17)32)18-10-21(35-14-18)25(34)26-7-4-8-31(2)3/h9-10,12-14,19,29H,1,4-8,11H2,2-3H3,(H,26,34)(H,28,33)/b16-9+. The molecule has 2 fully saturated rings. The zero-order valence-corrected chi connectivity index (χ0v) is 20.7. The zero-order valence-electron chi connectivity index (χ0n) is 19.9. The molecule has 0 spiro atoms. The first-order chi connectivity index (χ1) is 16.9. The number of aromatic nitrogens is 3. The van der Waals surface area contributed by atoms with Gasteiger partial charge in [0.05, 0.1) is 23.2 Å². The molecule has 2 amide bonds. The van der Waals surface area contributed by atoms with E-state index in [1.165, 1.54) is 11.3 Å². The van der Waals surface area contributed by atoms with Crippen molar-refractivity contribution in [2.75, 3.05) is 32.5 Å². The van der Waals surface area contributed by atoms with E-state index < -0.39 is 0 Å². The number of carbonyl (C=O) groups is 2. The Bertz CT molecular complexity index is 1330. The summed E-state index contributed by atoms with van der Waals surface area (Å²) in [6.07, 6.45) is 7.12. The monoisotopic (exact) mass is 491 g/mol. The van der Waals surface area contributed by atoms with Gasteiger partial charge >= 0.3 is 0 Å². The molecule has 0 aromatic carbocycles. The van der Waals surface area contributed by atoms with Crippen molar-refractivity contribution in [1.29, 1.82) is 0 Å². The van der Waals surface area contributed by atoms with Gasteiger partial charge in [-0.05, 0) is 57.6 Å². The quantitative estimate of drug-likeness (QED) is 0.398. The Balaban J connectivity index is 1.44. The zero-order chi connectivity index (χ0) is 24.5. The average Bonchev–Trinajstić information content (AvgIpc) is 3.19. The van der Waals surface area contributed by atoms with Crippen molar-refractivity contribution in [2.24, 2.45) is 0 Å². The molecule has 0 radical (unpaired) electrons. The second-order valence-corrected chi connectivity index (χ2v) is 10.2. The summed E-state index contributed by atoms with van der Waals surface area (Å²) < 4.78 is 1.80. The number of thiophene rings is 1. The van der Waals surface area contributed by atoms with E-state index in [4.69, 9.17) is 4.98 Å². The molecule has 3 N–H and O–H groups in total. The molecule has 2 aliphatic rings. The number of hydrogen-bond acceptors (Lipinski definition) is 7. The van der Waals surface area contributed by atoms with Crippen LogP contribution in [0.15, 0.2) is 41.6 Å². The van der Waals surface area contributed by atoms with E-state index in [1.807, 2.05) is 37.7 Å². The van der Waals surface area contributed by atoms with Crippen molar-refractivity contribution in [1.82, 2.24) is 30.1 Å². The summed E-state index contributed by atoms with van der Waals surface area (Å²) in [5.74, 6) is 0.731. The highest BCUT2D eigenvalue weighted by Gasteiger charge is 2.24. The Morgan fingerprint density at radius 1 is 1.37 bits per heavy atom. The molecule has 35 heavy (non-hydrogen) atoms. The fourth-order valence-corrected chi connectivity index (χ4v) is 4.76. The van der Waals surface area contributed by atoms with Gasteiger partial charge in [-0.3, -0.25) is 9.59 Å². The average molecular weight is 492 g/mol. The van der Waals surface area contributed by atoms with Crippen molar-refractivity contribution in [3.63, 3.8) is 0 Å². The van der Waals surface area contributed by atoms with Gasteiger partial charge in [-0.15, -0.1) is 11.3 Å². The lowest BCUT2D eigenvalue weighted by Gasteiger charge is -2.10. The van der Waals surface area contributed by atoms with Gasteiger partial charge in [0, 0.05) is 40.9 Å². The number of allylic oxidation sites excluding steroid dienone is 1. The smallest absolute Gasteiger partial charge is 0.261 e. The molecule has 1 saturated carbocycles. The summed E-state index contributed by atoms with van der Waals surface area (Å²) in [5.41, 5.74) is 4.59. The minimum Gasteiger partial charge on any atom is -0.367 e. The van der Waals surface area contributed by atoms with E-state index in [2.05, 4.69) is 32.5 Å². The van der Waals surface area contributed by atoms with Crippen LogP contribution in [-0.2, 0) is 4.79 Å². The number of nitrogens with zero attached hydrogens (tertiary/aromatic N) is 4. The van der Waals surface area contributed by atoms with E-state index in [9.17, 15) is 9.59 Å². The Morgan fingerprint density at radius 2 is 2.20 bits per heavy atom. The van der Waals surface area contributed by atoms with E-state index >= 15 is 0 Å². The van der Waals surface area contributed by atoms with Crippen molar-refractivity contribution in [3.05, 3.63) is 52.0 Å². The maximum Gasteiger partial charge on any atom is 0.261 e. The van der Waals surface area contributed by atoms with Gasteiger partial charge in [0.2, 0.25) is 5.91 Å². The normalized spacial score (nSPS) is 16.9. The Labute approximate surface area is 207 Å². The van der Waals surface area contributed by atoms with Crippen LogP contribution >= 0.6 is 11.3 Å². The fraction of sp³-hybridized carbons (Fsp3) is 0.360. The highest BCUT2D eigenvalue weighted by atomic mass is 32.1. The molecule has 9 nitrogen and oxygen atoms in total. The van der Waals surface area contributed by atoms with E-state index in [0.29, 0.717) is 35.2 Å². The number of carbonyl (C=O) groups excluding carboxylic acids is 2. The third-order valence-electron chi connectivity index (χ3n) is 5.97. The van der Waals surface area contributed by atoms with E-state index in [1.54, 1.807) is 10.7 Å². The minimum atomic E-state index is -0.0656. The lowest BCUT2D eigenvalue weighted by Crippen LogP contribution is -2.26. The molecule has 3 aromatic rings. The molecule has 182 valence electrons. The molecule has 4 heterocycles. The van der Waals surface area contributed by atoms with Gasteiger partial charge in [-0.25, -0.2) is 4.98 Å². The molecule has 0 bridgehead atoms. The molecule has 0 unspecified atom stereocenters. The van der Waals surface area contributed by atoms with E-state index in [-0.39, 0.29) is 11.8 Å². The number of fused-ring (bicyclic) bond motifs is 1. The molecule has 3 aromatic heterocycles. The van der Waals surface area contributed by atoms with Crippen LogP contribution in [0.5, 0.6) is 0 Å². The van der Waals surface area contributed by atoms with Crippen molar-refractivity contribution < 1.29 is 9.59 Å². The molecule has 10 heteroatoms. The van der Waals surface area contributed by atoms with Crippen molar-refractivity contribution in [2.45, 2.75) is 31.7 Å². The summed E-state index contributed by atoms with van der Waals surface area (Å²) in [7, 11) is 4.04. The largest absolute Gasteiger partial charge is 0.367 e. The van der Waals surface area contributed by atoms with Gasteiger partial charge in [0.1, 0.15) is 5.82 Å². The minimum absolute atomic E-state index is 0.0618. The second-order valence-electron chi connectivity index (χ2n) is 9.27. The molecular formula is C25H29N7O2S. The Morgan fingerprint density at radius 3 is 2.91 bits per heavy atom. The van der Waals surface area contributed by atoms with Gasteiger partial charge in [0.15, 0.2) is 5.65 Å². The van der Waals surface area contributed by atoms with Gasteiger partial charge in [-0.2, -0.15) is 9.61 Å². The van der Waals surface area contributed by atoms with Crippen LogP contribution in [0.4, 0.5) is 5.82 Å². The van der Waals surface area contributed by atoms with Crippen LogP contribution in [0.2, 0.25) is 0 Å². The van der Waals surface area contributed by atoms with Crippen molar-refractivity contribution in [3.8, 4) is 11.3 Å². The predicted molar refractivity (Wildman–Crippen MR) is 138 cm³/mol. The molecule has 1 aliphatic heterocycles. The third kappa shape index (κ3) is 5.28. The molecular weight excluding hydrogens is 462 g/mol. The number of rotatable bonds is 9. The fourth-order valence-electron chi connectivity index (χ4n) is 3.94. The number of anilines is 1. The van der Waals surface area contributed by atoms with Crippen LogP contribution in [0.3, 0.4) is 0 Å². The van der Waals surface area contributed by atoms with Gasteiger partial charge in [-0.1, -0.05) is 6.58 Å². The van der Waals surface area contributed by atoms with Gasteiger partial charge in [0.25, 0.3) is 5.91 Å². The van der Waals surface area contributed by atoms with Crippen LogP contribution in [0.25, 0.3) is 23.0 Å². The first-order valence-corrected chi connectivity index (χ1v) is 12.6. The summed E-state index contributed by atoms with van der Waals surface area (Å²) in [6, 6.07) is 4.30. The molecule has 0 atom stereocenters. The number of hydrogen-bond donors (Lipinski definition) is 3. The van der Waals surface area contributed by atoms with Crippen LogP contribution in [-0.4, -0.2) is 64.5 Å². The lowest BCUT2D eigenvalue weighted by molar-refractivity contribution is -0.118. The first-order valence-electron chi connectivity index (χ1n) is 11.7. The number of nitrogens with one attached hydrogen (secondary N) is 3. The predicted octanol–water partition coefficient (Wildman–Crippen LogP) is 3.13. The molecule has 5 rings (SSSR count). The van der Waals surface area contributed by atoms with Crippen LogP contribution < -0.4 is 16.0 Å². The summed E-state index contributed by atoms with van der Waals surface area (Å²) in [6.45, 7) is 5.50. The highest BCUT2D eigenvalue weighted by Crippen LogP contribution is 2.31. The van der Waals surface area contributed by atoms with E-state index in [0.717, 1.165) is 54.0 Å². The van der Waals surface area contributed by atoms with Gasteiger partial charge < -0.3 is 20.9 Å². The van der Waals surface area contributed by atoms with Crippen molar-refractivity contribution >= 4 is 40.7 Å². The molecule has 1 aliphatic carbocycles. The maximum atomic E-state index is 12.6. The van der Waals surface area contributed by atoms with Crippen LogP contribution in [0.1, 0.15) is 40.9 Å². The van der Waals surface area contributed by atoms with Crippen LogP contribution in [0, 0.1) is 0 Å². The Kier molecular flexibility index (Phi) is 6.40. The topological polar surface area (TPSA) is 104 Å². The summed E-state index contributed by atoms with van der Waals surface area (Å²) in [4.78, 5) is 32.0. The Hall–Kier alpha value is -3.50. The highest BCUT2D eigenvalue weighted by molar-refractivity contribution is 7.12. The lowest BCUT2D eigenvalue weighted by atomic mass is 10.1. The summed E-state index contributed by atoms with van der Waals surface area (Å²) in [5, 5.41) is 15.8. The summed E-state index contributed by atoms with van der Waals surface area (Å²) >= 11 is 1.41. The maximum absolute atomic E-state index is 12.6. The number of amides is 2. The third-order valence-corrected chi connectivity index (χ3v) is 6.90. The SMILES string of the molecule is C=C1NC(=O)C/C1=C\c1cnn2c(NC3CC3)cc(-c3csc(C(=O)NCCCN(C)C)c3)nc12. The second kappa shape index (κ2) is 9.63. The first kappa shape index (κ1) is 23.3. The molecule has 1 saturated heterocycles.